The van der Waals surface area contributed by atoms with Crippen molar-refractivity contribution in [3.63, 3.8) is 0 Å². The molecular formula is C22H21ClN2O5. The molecule has 0 heterocycles. The number of carbonyl (C=O) groups is 2. The fraction of sp³-hybridized carbons (Fsp3) is 0.227. The smallest absolute Gasteiger partial charge is 0.337 e. The molecule has 0 saturated heterocycles. The predicted octanol–water partition coefficient (Wildman–Crippen LogP) is 4.47. The normalized spacial score (nSPS) is 10.7. The molecule has 2 aromatic rings. The van der Waals surface area contributed by atoms with E-state index < -0.39 is 11.9 Å². The Morgan fingerprint density at radius 1 is 1.10 bits per heavy atom. The summed E-state index contributed by atoms with van der Waals surface area (Å²) >= 11 is 6.30. The van der Waals surface area contributed by atoms with E-state index in [1.165, 1.54) is 37.5 Å². The van der Waals surface area contributed by atoms with Crippen LogP contribution < -0.4 is 14.8 Å². The number of nitriles is 1. The molecule has 156 valence electrons. The number of esters is 1. The quantitative estimate of drug-likeness (QED) is 0.378. The molecule has 8 heteroatoms. The number of hydrogen-bond acceptors (Lipinski definition) is 6. The Morgan fingerprint density at radius 2 is 1.70 bits per heavy atom. The minimum absolute atomic E-state index is 0.152. The van der Waals surface area contributed by atoms with Crippen LogP contribution in [0.3, 0.4) is 0 Å². The van der Waals surface area contributed by atoms with Crippen molar-refractivity contribution in [3.05, 3.63) is 58.1 Å². The Kier molecular flexibility index (Phi) is 8.27. The number of rotatable bonds is 8. The van der Waals surface area contributed by atoms with Crippen molar-refractivity contribution < 1.29 is 23.8 Å². The molecule has 2 aromatic carbocycles. The van der Waals surface area contributed by atoms with E-state index in [-0.39, 0.29) is 5.57 Å². The highest BCUT2D eigenvalue weighted by Crippen LogP contribution is 2.34. The lowest BCUT2D eigenvalue weighted by atomic mass is 10.1. The van der Waals surface area contributed by atoms with E-state index in [4.69, 9.17) is 21.1 Å². The van der Waals surface area contributed by atoms with Crippen molar-refractivity contribution >= 4 is 35.2 Å². The van der Waals surface area contributed by atoms with E-state index in [0.717, 1.165) is 0 Å². The summed E-state index contributed by atoms with van der Waals surface area (Å²) in [6.07, 6.45) is 1.37. The first-order chi connectivity index (χ1) is 14.4. The minimum atomic E-state index is -0.619. The average molecular weight is 429 g/mol. The lowest BCUT2D eigenvalue weighted by molar-refractivity contribution is -0.112. The number of methoxy groups -OCH3 is 1. The van der Waals surface area contributed by atoms with Gasteiger partial charge in [0.2, 0.25) is 0 Å². The maximum atomic E-state index is 12.5. The van der Waals surface area contributed by atoms with Crippen molar-refractivity contribution in [1.82, 2.24) is 0 Å². The van der Waals surface area contributed by atoms with E-state index in [9.17, 15) is 14.9 Å². The van der Waals surface area contributed by atoms with E-state index in [1.807, 2.05) is 19.9 Å². The molecule has 7 nitrogen and oxygen atoms in total. The second-order valence-corrected chi connectivity index (χ2v) is 6.29. The number of nitrogens with one attached hydrogen (secondary N) is 1. The van der Waals surface area contributed by atoms with Gasteiger partial charge >= 0.3 is 5.97 Å². The van der Waals surface area contributed by atoms with Crippen LogP contribution in [0.15, 0.2) is 42.0 Å². The molecule has 2 rings (SSSR count). The van der Waals surface area contributed by atoms with Gasteiger partial charge < -0.3 is 19.5 Å². The second-order valence-electron chi connectivity index (χ2n) is 5.88. The van der Waals surface area contributed by atoms with Gasteiger partial charge in [-0.05, 0) is 55.8 Å². The third kappa shape index (κ3) is 5.75. The van der Waals surface area contributed by atoms with Gasteiger partial charge in [0.25, 0.3) is 5.91 Å². The summed E-state index contributed by atoms with van der Waals surface area (Å²) in [7, 11) is 1.28. The van der Waals surface area contributed by atoms with Crippen molar-refractivity contribution in [1.29, 1.82) is 5.26 Å². The Bertz CT molecular complexity index is 994. The first kappa shape index (κ1) is 22.8. The van der Waals surface area contributed by atoms with Gasteiger partial charge in [-0.25, -0.2) is 4.79 Å². The molecule has 0 aliphatic heterocycles. The molecule has 0 atom stereocenters. The standard InChI is InChI=1S/C22H21ClN2O5/c1-4-29-19-11-15(18(23)12-20(19)30-5-2)10-16(13-24)21(26)25-17-8-6-14(7-9-17)22(27)28-3/h6-12H,4-5H2,1-3H3,(H,25,26)/b16-10+. The van der Waals surface area contributed by atoms with Crippen molar-refractivity contribution in [2.45, 2.75) is 13.8 Å². The number of benzene rings is 2. The number of nitrogens with zero attached hydrogens (tertiary/aromatic N) is 1. The Labute approximate surface area is 179 Å². The summed E-state index contributed by atoms with van der Waals surface area (Å²) in [6, 6.07) is 11.2. The monoisotopic (exact) mass is 428 g/mol. The van der Waals surface area contributed by atoms with E-state index in [1.54, 1.807) is 12.1 Å². The topological polar surface area (TPSA) is 97.7 Å². The number of hydrogen-bond donors (Lipinski definition) is 1. The summed E-state index contributed by atoms with van der Waals surface area (Å²) in [5.74, 6) is -0.159. The van der Waals surface area contributed by atoms with Crippen LogP contribution >= 0.6 is 11.6 Å². The zero-order chi connectivity index (χ0) is 22.1. The highest BCUT2D eigenvalue weighted by atomic mass is 35.5. The second kappa shape index (κ2) is 10.9. The molecule has 0 radical (unpaired) electrons. The lowest BCUT2D eigenvalue weighted by Gasteiger charge is -2.13. The maximum Gasteiger partial charge on any atom is 0.337 e. The van der Waals surface area contributed by atoms with Crippen molar-refractivity contribution in [2.24, 2.45) is 0 Å². The van der Waals surface area contributed by atoms with Gasteiger partial charge in [-0.1, -0.05) is 11.6 Å². The Morgan fingerprint density at radius 3 is 2.23 bits per heavy atom. The molecule has 0 unspecified atom stereocenters. The number of ether oxygens (including phenoxy) is 3. The summed E-state index contributed by atoms with van der Waals surface area (Å²) in [6.45, 7) is 4.52. The van der Waals surface area contributed by atoms with Crippen molar-refractivity contribution in [2.75, 3.05) is 25.6 Å². The lowest BCUT2D eigenvalue weighted by Crippen LogP contribution is -2.13. The maximum absolute atomic E-state index is 12.5. The number of anilines is 1. The van der Waals surface area contributed by atoms with Crippen LogP contribution in [0.5, 0.6) is 11.5 Å². The van der Waals surface area contributed by atoms with Crippen molar-refractivity contribution in [3.8, 4) is 17.6 Å². The SMILES string of the molecule is CCOc1cc(Cl)c(/C=C(\C#N)C(=O)Nc2ccc(C(=O)OC)cc2)cc1OCC. The van der Waals surface area contributed by atoms with Crippen LogP contribution in [-0.2, 0) is 9.53 Å². The third-order valence-corrected chi connectivity index (χ3v) is 4.22. The predicted molar refractivity (Wildman–Crippen MR) is 114 cm³/mol. The molecule has 1 amide bonds. The van der Waals surface area contributed by atoms with Gasteiger partial charge in [-0.2, -0.15) is 5.26 Å². The van der Waals surface area contributed by atoms with Crippen LogP contribution in [0.4, 0.5) is 5.69 Å². The van der Waals surface area contributed by atoms with Gasteiger partial charge in [-0.3, -0.25) is 4.79 Å². The molecule has 1 N–H and O–H groups in total. The van der Waals surface area contributed by atoms with Crippen LogP contribution in [0.2, 0.25) is 5.02 Å². The number of amides is 1. The van der Waals surface area contributed by atoms with Gasteiger partial charge in [0, 0.05) is 11.8 Å². The Balaban J connectivity index is 2.28. The highest BCUT2D eigenvalue weighted by Gasteiger charge is 2.14. The molecule has 0 aromatic heterocycles. The van der Waals surface area contributed by atoms with E-state index >= 15 is 0 Å². The fourth-order valence-electron chi connectivity index (χ4n) is 2.51. The fourth-order valence-corrected chi connectivity index (χ4v) is 2.72. The minimum Gasteiger partial charge on any atom is -0.490 e. The highest BCUT2D eigenvalue weighted by molar-refractivity contribution is 6.32. The first-order valence-corrected chi connectivity index (χ1v) is 9.51. The van der Waals surface area contributed by atoms with Gasteiger partial charge in [0.15, 0.2) is 11.5 Å². The van der Waals surface area contributed by atoms with Gasteiger partial charge in [0.1, 0.15) is 11.6 Å². The van der Waals surface area contributed by atoms with E-state index in [2.05, 4.69) is 10.1 Å². The molecule has 0 bridgehead atoms. The zero-order valence-electron chi connectivity index (χ0n) is 16.8. The Hall–Kier alpha value is -3.50. The largest absolute Gasteiger partial charge is 0.490 e. The van der Waals surface area contributed by atoms with Gasteiger partial charge in [-0.15, -0.1) is 0 Å². The summed E-state index contributed by atoms with van der Waals surface area (Å²) in [5.41, 5.74) is 1.05. The van der Waals surface area contributed by atoms with Gasteiger partial charge in [0.05, 0.1) is 30.9 Å². The molecule has 30 heavy (non-hydrogen) atoms. The first-order valence-electron chi connectivity index (χ1n) is 9.14. The molecule has 0 saturated carbocycles. The summed E-state index contributed by atoms with van der Waals surface area (Å²) in [4.78, 5) is 24.0. The van der Waals surface area contributed by atoms with Crippen LogP contribution in [-0.4, -0.2) is 32.2 Å². The third-order valence-electron chi connectivity index (χ3n) is 3.89. The van der Waals surface area contributed by atoms with Crippen LogP contribution in [0.25, 0.3) is 6.08 Å². The van der Waals surface area contributed by atoms with E-state index in [0.29, 0.717) is 46.5 Å². The number of halogens is 1. The molecule has 0 fully saturated rings. The average Bonchev–Trinajstić information content (AvgIpc) is 2.74. The molecular weight excluding hydrogens is 408 g/mol. The molecule has 0 aliphatic carbocycles. The van der Waals surface area contributed by atoms with Crippen LogP contribution in [0.1, 0.15) is 29.8 Å². The zero-order valence-corrected chi connectivity index (χ0v) is 17.6. The van der Waals surface area contributed by atoms with Crippen LogP contribution in [0, 0.1) is 11.3 Å². The summed E-state index contributed by atoms with van der Waals surface area (Å²) in [5, 5.41) is 12.4. The molecule has 0 aliphatic rings. The number of carbonyl (C=O) groups excluding carboxylic acids is 2. The summed E-state index contributed by atoms with van der Waals surface area (Å²) < 4.78 is 15.7. The molecule has 0 spiro atoms.